The number of nitrogens with two attached hydrogens (primary N) is 1. The molecule has 0 unspecified atom stereocenters. The molecule has 0 saturated carbocycles. The van der Waals surface area contributed by atoms with Crippen LogP contribution in [0, 0.1) is 6.92 Å². The lowest BCUT2D eigenvalue weighted by atomic mass is 10.1. The number of carbonyl (C=O) groups excluding carboxylic acids is 1. The zero-order valence-corrected chi connectivity index (χ0v) is 11.0. The highest BCUT2D eigenvalue weighted by atomic mass is 16.1. The molecule has 4 heteroatoms. The second kappa shape index (κ2) is 4.09. The van der Waals surface area contributed by atoms with Crippen LogP contribution in [0.25, 0.3) is 21.8 Å². The van der Waals surface area contributed by atoms with E-state index in [0.29, 0.717) is 5.56 Å². The Bertz CT molecular complexity index is 802. The maximum absolute atomic E-state index is 11.7. The van der Waals surface area contributed by atoms with E-state index in [4.69, 9.17) is 5.73 Å². The monoisotopic (exact) mass is 253 g/mol. The highest BCUT2D eigenvalue weighted by Gasteiger charge is 2.17. The number of primary amides is 1. The molecular formula is C15H15N3O. The van der Waals surface area contributed by atoms with Gasteiger partial charge in [0.05, 0.1) is 5.52 Å². The van der Waals surface area contributed by atoms with Gasteiger partial charge in [0, 0.05) is 40.3 Å². The lowest BCUT2D eigenvalue weighted by Gasteiger charge is -2.03. The minimum absolute atomic E-state index is 0.399. The first-order valence-corrected chi connectivity index (χ1v) is 6.31. The van der Waals surface area contributed by atoms with Crippen molar-refractivity contribution in [3.8, 4) is 0 Å². The maximum atomic E-state index is 11.7. The summed E-state index contributed by atoms with van der Waals surface area (Å²) >= 11 is 0. The summed E-state index contributed by atoms with van der Waals surface area (Å²) in [4.78, 5) is 16.0. The van der Waals surface area contributed by atoms with Crippen molar-refractivity contribution < 1.29 is 4.79 Å². The van der Waals surface area contributed by atoms with Crippen LogP contribution in [-0.4, -0.2) is 15.5 Å². The van der Waals surface area contributed by atoms with Gasteiger partial charge in [0.2, 0.25) is 5.91 Å². The Labute approximate surface area is 110 Å². The molecular weight excluding hydrogens is 238 g/mol. The molecule has 2 aromatic heterocycles. The Morgan fingerprint density at radius 2 is 2.00 bits per heavy atom. The molecule has 19 heavy (non-hydrogen) atoms. The molecule has 0 radical (unpaired) electrons. The van der Waals surface area contributed by atoms with E-state index in [2.05, 4.69) is 16.5 Å². The second-order valence-electron chi connectivity index (χ2n) is 4.60. The molecule has 2 heterocycles. The SMILES string of the molecule is CCn1c2cccc(C(N)=O)c2c2c(C)nccc21. The summed E-state index contributed by atoms with van der Waals surface area (Å²) in [5.74, 6) is -0.399. The summed E-state index contributed by atoms with van der Waals surface area (Å²) in [6.45, 7) is 4.89. The number of carbonyl (C=O) groups is 1. The topological polar surface area (TPSA) is 60.9 Å². The van der Waals surface area contributed by atoms with Gasteiger partial charge in [-0.2, -0.15) is 0 Å². The van der Waals surface area contributed by atoms with Crippen molar-refractivity contribution in [2.75, 3.05) is 0 Å². The summed E-state index contributed by atoms with van der Waals surface area (Å²) < 4.78 is 2.19. The van der Waals surface area contributed by atoms with Crippen LogP contribution in [0.3, 0.4) is 0 Å². The average Bonchev–Trinajstić information content (AvgIpc) is 2.73. The number of nitrogens with zero attached hydrogens (tertiary/aromatic N) is 2. The van der Waals surface area contributed by atoms with Crippen molar-refractivity contribution in [2.45, 2.75) is 20.4 Å². The molecule has 0 aliphatic heterocycles. The normalized spacial score (nSPS) is 11.3. The third-order valence-electron chi connectivity index (χ3n) is 3.57. The number of amides is 1. The Balaban J connectivity index is 2.65. The molecule has 96 valence electrons. The minimum atomic E-state index is -0.399. The van der Waals surface area contributed by atoms with Gasteiger partial charge in [-0.3, -0.25) is 9.78 Å². The van der Waals surface area contributed by atoms with Crippen LogP contribution in [0.4, 0.5) is 0 Å². The molecule has 0 aliphatic rings. The number of hydrogen-bond donors (Lipinski definition) is 1. The molecule has 1 aromatic carbocycles. The van der Waals surface area contributed by atoms with Crippen molar-refractivity contribution in [3.05, 3.63) is 41.7 Å². The smallest absolute Gasteiger partial charge is 0.249 e. The Kier molecular flexibility index (Phi) is 2.52. The van der Waals surface area contributed by atoms with Gasteiger partial charge < -0.3 is 10.3 Å². The lowest BCUT2D eigenvalue weighted by Crippen LogP contribution is -2.11. The van der Waals surface area contributed by atoms with Crippen LogP contribution in [0.5, 0.6) is 0 Å². The van der Waals surface area contributed by atoms with E-state index < -0.39 is 5.91 Å². The Hall–Kier alpha value is -2.36. The van der Waals surface area contributed by atoms with Gasteiger partial charge in [-0.25, -0.2) is 0 Å². The van der Waals surface area contributed by atoms with Crippen LogP contribution in [-0.2, 0) is 6.54 Å². The highest BCUT2D eigenvalue weighted by molar-refractivity contribution is 6.18. The quantitative estimate of drug-likeness (QED) is 0.763. The Morgan fingerprint density at radius 3 is 2.68 bits per heavy atom. The number of fused-ring (bicyclic) bond motifs is 3. The van der Waals surface area contributed by atoms with Crippen LogP contribution in [0.2, 0.25) is 0 Å². The van der Waals surface area contributed by atoms with Crippen molar-refractivity contribution in [2.24, 2.45) is 5.73 Å². The van der Waals surface area contributed by atoms with Gasteiger partial charge >= 0.3 is 0 Å². The molecule has 0 fully saturated rings. The molecule has 3 aromatic rings. The standard InChI is InChI=1S/C15H15N3O/c1-3-18-11-6-4-5-10(15(16)19)14(11)13-9(2)17-8-7-12(13)18/h4-8H,3H2,1-2H3,(H2,16,19). The highest BCUT2D eigenvalue weighted by Crippen LogP contribution is 2.32. The van der Waals surface area contributed by atoms with E-state index >= 15 is 0 Å². The van der Waals surface area contributed by atoms with E-state index in [1.54, 1.807) is 12.3 Å². The molecule has 0 aliphatic carbocycles. The van der Waals surface area contributed by atoms with Gasteiger partial charge in [0.25, 0.3) is 0 Å². The summed E-state index contributed by atoms with van der Waals surface area (Å²) in [6.07, 6.45) is 1.80. The molecule has 0 atom stereocenters. The fourth-order valence-corrected chi connectivity index (χ4v) is 2.79. The number of pyridine rings is 1. The predicted molar refractivity (Wildman–Crippen MR) is 76.2 cm³/mol. The fourth-order valence-electron chi connectivity index (χ4n) is 2.79. The third kappa shape index (κ3) is 1.53. The molecule has 4 nitrogen and oxygen atoms in total. The number of benzene rings is 1. The van der Waals surface area contributed by atoms with Crippen LogP contribution in [0.15, 0.2) is 30.5 Å². The van der Waals surface area contributed by atoms with Crippen molar-refractivity contribution >= 4 is 27.7 Å². The molecule has 2 N–H and O–H groups in total. The molecule has 0 saturated heterocycles. The van der Waals surface area contributed by atoms with Crippen molar-refractivity contribution in [1.29, 1.82) is 0 Å². The minimum Gasteiger partial charge on any atom is -0.366 e. The van der Waals surface area contributed by atoms with Crippen LogP contribution >= 0.6 is 0 Å². The van der Waals surface area contributed by atoms with Gasteiger partial charge in [0.15, 0.2) is 0 Å². The molecule has 3 rings (SSSR count). The summed E-state index contributed by atoms with van der Waals surface area (Å²) in [6, 6.07) is 7.65. The Morgan fingerprint density at radius 1 is 1.26 bits per heavy atom. The van der Waals surface area contributed by atoms with Crippen molar-refractivity contribution in [3.63, 3.8) is 0 Å². The van der Waals surface area contributed by atoms with Gasteiger partial charge in [0.1, 0.15) is 0 Å². The van der Waals surface area contributed by atoms with E-state index in [-0.39, 0.29) is 0 Å². The average molecular weight is 253 g/mol. The number of aromatic nitrogens is 2. The first kappa shape index (κ1) is 11.7. The van der Waals surface area contributed by atoms with Crippen LogP contribution < -0.4 is 5.73 Å². The third-order valence-corrected chi connectivity index (χ3v) is 3.57. The van der Waals surface area contributed by atoms with Gasteiger partial charge in [-0.1, -0.05) is 6.07 Å². The zero-order valence-electron chi connectivity index (χ0n) is 11.0. The second-order valence-corrected chi connectivity index (χ2v) is 4.60. The lowest BCUT2D eigenvalue weighted by molar-refractivity contribution is 0.100. The first-order valence-electron chi connectivity index (χ1n) is 6.31. The maximum Gasteiger partial charge on any atom is 0.249 e. The van der Waals surface area contributed by atoms with Gasteiger partial charge in [-0.05, 0) is 32.0 Å². The van der Waals surface area contributed by atoms with Crippen LogP contribution in [0.1, 0.15) is 23.0 Å². The first-order chi connectivity index (χ1) is 9.15. The van der Waals surface area contributed by atoms with E-state index in [0.717, 1.165) is 34.0 Å². The zero-order chi connectivity index (χ0) is 13.6. The van der Waals surface area contributed by atoms with Crippen molar-refractivity contribution in [1.82, 2.24) is 9.55 Å². The molecule has 1 amide bonds. The van der Waals surface area contributed by atoms with Gasteiger partial charge in [-0.15, -0.1) is 0 Å². The van der Waals surface area contributed by atoms with E-state index in [1.165, 1.54) is 0 Å². The van der Waals surface area contributed by atoms with E-state index in [1.807, 2.05) is 25.1 Å². The summed E-state index contributed by atoms with van der Waals surface area (Å²) in [5, 5.41) is 1.94. The predicted octanol–water partition coefficient (Wildman–Crippen LogP) is 2.62. The molecule has 0 spiro atoms. The van der Waals surface area contributed by atoms with E-state index in [9.17, 15) is 4.79 Å². The summed E-state index contributed by atoms with van der Waals surface area (Å²) in [5.41, 5.74) is 9.11. The molecule has 0 bridgehead atoms. The largest absolute Gasteiger partial charge is 0.366 e. The number of aryl methyl sites for hydroxylation is 2. The fraction of sp³-hybridized carbons (Fsp3) is 0.200. The summed E-state index contributed by atoms with van der Waals surface area (Å²) in [7, 11) is 0. The number of hydrogen-bond acceptors (Lipinski definition) is 2. The number of rotatable bonds is 2.